The molecule has 4 heteroatoms. The molecule has 0 amide bonds. The summed E-state index contributed by atoms with van der Waals surface area (Å²) in [6.45, 7) is 8.86. The summed E-state index contributed by atoms with van der Waals surface area (Å²) in [4.78, 5) is 0. The fourth-order valence-electron chi connectivity index (χ4n) is 1.91. The molecule has 1 aromatic carbocycles. The fraction of sp³-hybridized carbons (Fsp3) is 0.471. The fourth-order valence-corrected chi connectivity index (χ4v) is 1.91. The minimum absolute atomic E-state index is 0.118. The van der Waals surface area contributed by atoms with Crippen molar-refractivity contribution >= 4 is 0 Å². The second kappa shape index (κ2) is 7.27. The van der Waals surface area contributed by atoms with E-state index in [0.717, 1.165) is 31.0 Å². The molecule has 0 bridgehead atoms. The van der Waals surface area contributed by atoms with Gasteiger partial charge in [0.1, 0.15) is 5.75 Å². The van der Waals surface area contributed by atoms with Crippen LogP contribution >= 0.6 is 0 Å². The lowest BCUT2D eigenvalue weighted by Crippen LogP contribution is -2.35. The number of aromatic nitrogens is 2. The van der Waals surface area contributed by atoms with Crippen LogP contribution in [0.2, 0.25) is 0 Å². The highest BCUT2D eigenvalue weighted by Crippen LogP contribution is 2.08. The Bertz CT molecular complexity index is 528. The third-order valence-corrected chi connectivity index (χ3v) is 3.04. The van der Waals surface area contributed by atoms with Crippen molar-refractivity contribution in [1.82, 2.24) is 15.1 Å². The van der Waals surface area contributed by atoms with Crippen LogP contribution in [-0.4, -0.2) is 21.9 Å². The van der Waals surface area contributed by atoms with E-state index in [2.05, 4.69) is 37.3 Å². The van der Waals surface area contributed by atoms with Gasteiger partial charge in [0.2, 0.25) is 0 Å². The first-order valence-electron chi connectivity index (χ1n) is 7.48. The Morgan fingerprint density at radius 3 is 2.62 bits per heavy atom. The highest BCUT2D eigenvalue weighted by atomic mass is 16.5. The second-order valence-electron chi connectivity index (χ2n) is 6.19. The first-order valence-corrected chi connectivity index (χ1v) is 7.48. The van der Waals surface area contributed by atoms with E-state index < -0.39 is 0 Å². The van der Waals surface area contributed by atoms with Gasteiger partial charge in [-0.1, -0.05) is 18.2 Å². The van der Waals surface area contributed by atoms with E-state index in [4.69, 9.17) is 4.74 Å². The molecule has 1 N–H and O–H groups in total. The third-order valence-electron chi connectivity index (χ3n) is 3.04. The van der Waals surface area contributed by atoms with Crippen molar-refractivity contribution < 1.29 is 4.74 Å². The van der Waals surface area contributed by atoms with E-state index in [1.807, 2.05) is 41.2 Å². The zero-order chi connectivity index (χ0) is 15.1. The summed E-state index contributed by atoms with van der Waals surface area (Å²) in [6, 6.07) is 12.0. The van der Waals surface area contributed by atoms with E-state index in [-0.39, 0.29) is 5.54 Å². The van der Waals surface area contributed by atoms with Crippen molar-refractivity contribution in [3.05, 3.63) is 48.3 Å². The summed E-state index contributed by atoms with van der Waals surface area (Å²) in [7, 11) is 0. The molecule has 0 unspecified atom stereocenters. The summed E-state index contributed by atoms with van der Waals surface area (Å²) >= 11 is 0. The number of ether oxygens (including phenoxy) is 1. The van der Waals surface area contributed by atoms with Gasteiger partial charge in [-0.25, -0.2) is 0 Å². The van der Waals surface area contributed by atoms with Crippen LogP contribution in [0.5, 0.6) is 5.75 Å². The predicted octanol–water partition coefficient (Wildman–Crippen LogP) is 3.24. The molecule has 0 fully saturated rings. The number of nitrogens with one attached hydrogen (secondary N) is 1. The van der Waals surface area contributed by atoms with E-state index in [1.54, 1.807) is 0 Å². The molecule has 114 valence electrons. The summed E-state index contributed by atoms with van der Waals surface area (Å²) in [5.74, 6) is 0.924. The summed E-state index contributed by atoms with van der Waals surface area (Å²) in [5.41, 5.74) is 1.20. The molecule has 0 atom stereocenters. The third kappa shape index (κ3) is 6.00. The standard InChI is InChI=1S/C17H25N3O/c1-17(2,3)18-14-15-10-12-20(19-15)11-7-13-21-16-8-5-4-6-9-16/h4-6,8-10,12,18H,7,11,13-14H2,1-3H3. The van der Waals surface area contributed by atoms with Gasteiger partial charge < -0.3 is 10.1 Å². The Kier molecular flexibility index (Phi) is 5.39. The maximum Gasteiger partial charge on any atom is 0.119 e. The van der Waals surface area contributed by atoms with Gasteiger partial charge in [0.15, 0.2) is 0 Å². The smallest absolute Gasteiger partial charge is 0.119 e. The molecule has 0 radical (unpaired) electrons. The lowest BCUT2D eigenvalue weighted by atomic mass is 10.1. The minimum atomic E-state index is 0.118. The maximum atomic E-state index is 5.67. The Hall–Kier alpha value is -1.81. The zero-order valence-corrected chi connectivity index (χ0v) is 13.2. The van der Waals surface area contributed by atoms with Gasteiger partial charge in [-0.15, -0.1) is 0 Å². The lowest BCUT2D eigenvalue weighted by Gasteiger charge is -2.19. The van der Waals surface area contributed by atoms with Gasteiger partial charge in [-0.2, -0.15) is 5.10 Å². The van der Waals surface area contributed by atoms with E-state index >= 15 is 0 Å². The molecule has 0 aliphatic carbocycles. The van der Waals surface area contributed by atoms with Crippen LogP contribution < -0.4 is 10.1 Å². The van der Waals surface area contributed by atoms with Gasteiger partial charge in [-0.05, 0) is 39.0 Å². The molecule has 0 aliphatic heterocycles. The van der Waals surface area contributed by atoms with Crippen LogP contribution in [0.3, 0.4) is 0 Å². The number of aryl methyl sites for hydroxylation is 1. The number of hydrogen-bond donors (Lipinski definition) is 1. The number of benzene rings is 1. The van der Waals surface area contributed by atoms with Gasteiger partial charge in [0.05, 0.1) is 12.3 Å². The lowest BCUT2D eigenvalue weighted by molar-refractivity contribution is 0.298. The largest absolute Gasteiger partial charge is 0.494 e. The average Bonchev–Trinajstić information content (AvgIpc) is 2.90. The topological polar surface area (TPSA) is 39.1 Å². The van der Waals surface area contributed by atoms with Crippen molar-refractivity contribution in [2.75, 3.05) is 6.61 Å². The second-order valence-corrected chi connectivity index (χ2v) is 6.19. The van der Waals surface area contributed by atoms with E-state index in [0.29, 0.717) is 6.61 Å². The summed E-state index contributed by atoms with van der Waals surface area (Å²) in [6.07, 6.45) is 2.98. The van der Waals surface area contributed by atoms with Gasteiger partial charge >= 0.3 is 0 Å². The minimum Gasteiger partial charge on any atom is -0.494 e. The van der Waals surface area contributed by atoms with E-state index in [9.17, 15) is 0 Å². The molecule has 0 aliphatic rings. The van der Waals surface area contributed by atoms with Crippen molar-refractivity contribution in [3.8, 4) is 5.75 Å². The molecule has 1 aromatic heterocycles. The van der Waals surface area contributed by atoms with Gasteiger partial charge in [0.25, 0.3) is 0 Å². The summed E-state index contributed by atoms with van der Waals surface area (Å²) < 4.78 is 7.65. The van der Waals surface area contributed by atoms with Crippen LogP contribution in [0.15, 0.2) is 42.6 Å². The van der Waals surface area contributed by atoms with Crippen molar-refractivity contribution in [2.24, 2.45) is 0 Å². The first-order chi connectivity index (χ1) is 10.0. The molecule has 2 rings (SSSR count). The Balaban J connectivity index is 1.68. The molecular weight excluding hydrogens is 262 g/mol. The Morgan fingerprint density at radius 2 is 1.90 bits per heavy atom. The van der Waals surface area contributed by atoms with Crippen LogP contribution in [0, 0.1) is 0 Å². The number of rotatable bonds is 7. The molecule has 0 spiro atoms. The first kappa shape index (κ1) is 15.6. The van der Waals surface area contributed by atoms with Gasteiger partial charge in [-0.3, -0.25) is 4.68 Å². The van der Waals surface area contributed by atoms with Crippen molar-refractivity contribution in [2.45, 2.75) is 45.8 Å². The zero-order valence-electron chi connectivity index (χ0n) is 13.2. The van der Waals surface area contributed by atoms with Gasteiger partial charge in [0, 0.05) is 31.2 Å². The van der Waals surface area contributed by atoms with Crippen LogP contribution in [0.1, 0.15) is 32.9 Å². The van der Waals surface area contributed by atoms with Crippen LogP contribution in [-0.2, 0) is 13.1 Å². The molecule has 4 nitrogen and oxygen atoms in total. The molecule has 2 aromatic rings. The van der Waals surface area contributed by atoms with E-state index in [1.165, 1.54) is 0 Å². The molecule has 21 heavy (non-hydrogen) atoms. The van der Waals surface area contributed by atoms with Crippen molar-refractivity contribution in [3.63, 3.8) is 0 Å². The van der Waals surface area contributed by atoms with Crippen LogP contribution in [0.25, 0.3) is 0 Å². The number of hydrogen-bond acceptors (Lipinski definition) is 3. The molecular formula is C17H25N3O. The van der Waals surface area contributed by atoms with Crippen molar-refractivity contribution in [1.29, 1.82) is 0 Å². The molecule has 1 heterocycles. The summed E-state index contributed by atoms with van der Waals surface area (Å²) in [5, 5.41) is 8.00. The molecule has 0 saturated carbocycles. The average molecular weight is 287 g/mol. The Labute approximate surface area is 127 Å². The number of para-hydroxylation sites is 1. The highest BCUT2D eigenvalue weighted by Gasteiger charge is 2.09. The Morgan fingerprint density at radius 1 is 1.14 bits per heavy atom. The highest BCUT2D eigenvalue weighted by molar-refractivity contribution is 5.20. The monoisotopic (exact) mass is 287 g/mol. The number of nitrogens with zero attached hydrogens (tertiary/aromatic N) is 2. The normalized spacial score (nSPS) is 11.6. The maximum absolute atomic E-state index is 5.67. The predicted molar refractivity (Wildman–Crippen MR) is 85.4 cm³/mol. The quantitative estimate of drug-likeness (QED) is 0.795. The molecule has 0 saturated heterocycles. The van der Waals surface area contributed by atoms with Crippen LogP contribution in [0.4, 0.5) is 0 Å². The SMILES string of the molecule is CC(C)(C)NCc1ccn(CCCOc2ccccc2)n1.